The molecule has 34 heavy (non-hydrogen) atoms. The van der Waals surface area contributed by atoms with Crippen molar-refractivity contribution in [1.29, 1.82) is 0 Å². The van der Waals surface area contributed by atoms with Gasteiger partial charge in [-0.15, -0.1) is 0 Å². The number of carbonyl (C=O) groups is 1. The standard InChI is InChI=1S/C27H28ClN5O/c1-3-33-19(2)24(17-29-33)26-16-23(22-9-4-5-10-25(22)30-26)27(34)32-13-11-31(12-14-32)18-20-7-6-8-21(28)15-20/h4-10,15-17H,3,11-14,18H2,1-2H3. The molecule has 4 aromatic rings. The summed E-state index contributed by atoms with van der Waals surface area (Å²) in [6.45, 7) is 8.79. The maximum atomic E-state index is 13.7. The zero-order valence-electron chi connectivity index (χ0n) is 19.5. The van der Waals surface area contributed by atoms with Crippen molar-refractivity contribution in [2.75, 3.05) is 26.2 Å². The van der Waals surface area contributed by atoms with Gasteiger partial charge in [0.15, 0.2) is 0 Å². The zero-order chi connectivity index (χ0) is 23.7. The van der Waals surface area contributed by atoms with E-state index in [1.165, 1.54) is 5.56 Å². The number of amides is 1. The molecule has 5 rings (SSSR count). The Morgan fingerprint density at radius 3 is 2.56 bits per heavy atom. The third kappa shape index (κ3) is 4.43. The van der Waals surface area contributed by atoms with Gasteiger partial charge in [-0.25, -0.2) is 4.98 Å². The van der Waals surface area contributed by atoms with Crippen molar-refractivity contribution in [3.8, 4) is 11.3 Å². The fourth-order valence-electron chi connectivity index (χ4n) is 4.68. The van der Waals surface area contributed by atoms with Crippen LogP contribution in [-0.4, -0.2) is 56.7 Å². The summed E-state index contributed by atoms with van der Waals surface area (Å²) in [6.07, 6.45) is 1.85. The van der Waals surface area contributed by atoms with E-state index >= 15 is 0 Å². The topological polar surface area (TPSA) is 54.3 Å². The van der Waals surface area contributed by atoms with Gasteiger partial charge >= 0.3 is 0 Å². The van der Waals surface area contributed by atoms with Crippen molar-refractivity contribution in [1.82, 2.24) is 24.6 Å². The van der Waals surface area contributed by atoms with Crippen molar-refractivity contribution >= 4 is 28.4 Å². The molecular weight excluding hydrogens is 446 g/mol. The van der Waals surface area contributed by atoms with E-state index in [4.69, 9.17) is 16.6 Å². The van der Waals surface area contributed by atoms with Gasteiger partial charge in [-0.3, -0.25) is 14.4 Å². The number of rotatable bonds is 5. The SMILES string of the molecule is CCn1ncc(-c2cc(C(=O)N3CCN(Cc4cccc(Cl)c4)CC3)c3ccccc3n2)c1C. The summed E-state index contributed by atoms with van der Waals surface area (Å²) < 4.78 is 1.95. The minimum atomic E-state index is 0.0581. The van der Waals surface area contributed by atoms with Crippen LogP contribution in [0.4, 0.5) is 0 Å². The van der Waals surface area contributed by atoms with E-state index < -0.39 is 0 Å². The second-order valence-corrected chi connectivity index (χ2v) is 9.17. The molecule has 3 heterocycles. The molecule has 0 unspecified atom stereocenters. The summed E-state index contributed by atoms with van der Waals surface area (Å²) in [5.41, 5.74) is 5.53. The predicted molar refractivity (Wildman–Crippen MR) is 136 cm³/mol. The Morgan fingerprint density at radius 2 is 1.82 bits per heavy atom. The average Bonchev–Trinajstić information content (AvgIpc) is 3.23. The lowest BCUT2D eigenvalue weighted by Crippen LogP contribution is -2.48. The molecule has 1 amide bonds. The molecule has 0 spiro atoms. The Morgan fingerprint density at radius 1 is 1.03 bits per heavy atom. The fraction of sp³-hybridized carbons (Fsp3) is 0.296. The van der Waals surface area contributed by atoms with Crippen LogP contribution in [-0.2, 0) is 13.1 Å². The smallest absolute Gasteiger partial charge is 0.254 e. The van der Waals surface area contributed by atoms with E-state index in [1.54, 1.807) is 0 Å². The molecule has 7 heteroatoms. The highest BCUT2D eigenvalue weighted by molar-refractivity contribution is 6.30. The van der Waals surface area contributed by atoms with Gasteiger partial charge in [0.05, 0.1) is 23.0 Å². The molecule has 0 aliphatic carbocycles. The maximum Gasteiger partial charge on any atom is 0.254 e. The molecule has 0 saturated carbocycles. The summed E-state index contributed by atoms with van der Waals surface area (Å²) in [7, 11) is 0. The minimum absolute atomic E-state index is 0.0581. The van der Waals surface area contributed by atoms with Crippen molar-refractivity contribution in [3.05, 3.63) is 82.6 Å². The molecule has 174 valence electrons. The first kappa shape index (κ1) is 22.6. The van der Waals surface area contributed by atoms with E-state index in [1.807, 2.05) is 71.2 Å². The van der Waals surface area contributed by atoms with Crippen molar-refractivity contribution < 1.29 is 4.79 Å². The molecule has 0 N–H and O–H groups in total. The highest BCUT2D eigenvalue weighted by Crippen LogP contribution is 2.28. The summed E-state index contributed by atoms with van der Waals surface area (Å²) in [4.78, 5) is 22.9. The Hall–Kier alpha value is -3.22. The number of halogens is 1. The van der Waals surface area contributed by atoms with Crippen LogP contribution >= 0.6 is 11.6 Å². The van der Waals surface area contributed by atoms with Crippen molar-refractivity contribution in [2.24, 2.45) is 0 Å². The van der Waals surface area contributed by atoms with Crippen LogP contribution in [0.15, 0.2) is 60.8 Å². The van der Waals surface area contributed by atoms with E-state index in [0.717, 1.165) is 59.1 Å². The average molecular weight is 474 g/mol. The molecule has 2 aromatic carbocycles. The van der Waals surface area contributed by atoms with Gasteiger partial charge in [-0.2, -0.15) is 5.10 Å². The number of aromatic nitrogens is 3. The number of carbonyl (C=O) groups excluding carboxylic acids is 1. The lowest BCUT2D eigenvalue weighted by molar-refractivity contribution is 0.0630. The van der Waals surface area contributed by atoms with Gasteiger partial charge < -0.3 is 4.90 Å². The first-order valence-electron chi connectivity index (χ1n) is 11.7. The molecule has 0 bridgehead atoms. The lowest BCUT2D eigenvalue weighted by atomic mass is 10.0. The molecular formula is C27H28ClN5O. The van der Waals surface area contributed by atoms with Crippen LogP contribution in [0.1, 0.15) is 28.5 Å². The van der Waals surface area contributed by atoms with Crippen LogP contribution < -0.4 is 0 Å². The Bertz CT molecular complexity index is 1340. The number of aryl methyl sites for hydroxylation is 1. The normalized spacial score (nSPS) is 14.6. The fourth-order valence-corrected chi connectivity index (χ4v) is 4.89. The molecule has 1 fully saturated rings. The molecule has 1 aliphatic heterocycles. The van der Waals surface area contributed by atoms with Crippen LogP contribution in [0.25, 0.3) is 22.2 Å². The van der Waals surface area contributed by atoms with Crippen molar-refractivity contribution in [2.45, 2.75) is 26.9 Å². The van der Waals surface area contributed by atoms with Gasteiger partial charge in [-0.05, 0) is 43.7 Å². The number of para-hydroxylation sites is 1. The number of pyridine rings is 1. The third-order valence-electron chi connectivity index (χ3n) is 6.58. The number of hydrogen-bond acceptors (Lipinski definition) is 4. The molecule has 0 radical (unpaired) electrons. The van der Waals surface area contributed by atoms with Gasteiger partial charge in [0.25, 0.3) is 5.91 Å². The second kappa shape index (κ2) is 9.57. The van der Waals surface area contributed by atoms with E-state index in [9.17, 15) is 4.79 Å². The summed E-state index contributed by atoms with van der Waals surface area (Å²) >= 11 is 6.14. The van der Waals surface area contributed by atoms with Gasteiger partial charge in [0, 0.05) is 60.9 Å². The maximum absolute atomic E-state index is 13.7. The van der Waals surface area contributed by atoms with Crippen LogP contribution in [0, 0.1) is 6.92 Å². The van der Waals surface area contributed by atoms with Gasteiger partial charge in [0.2, 0.25) is 0 Å². The van der Waals surface area contributed by atoms with Crippen molar-refractivity contribution in [3.63, 3.8) is 0 Å². The molecule has 0 atom stereocenters. The third-order valence-corrected chi connectivity index (χ3v) is 6.82. The largest absolute Gasteiger partial charge is 0.336 e. The highest BCUT2D eigenvalue weighted by Gasteiger charge is 2.25. The van der Waals surface area contributed by atoms with Crippen LogP contribution in [0.5, 0.6) is 0 Å². The minimum Gasteiger partial charge on any atom is -0.336 e. The first-order chi connectivity index (χ1) is 16.5. The predicted octanol–water partition coefficient (Wildman–Crippen LogP) is 5.04. The monoisotopic (exact) mass is 473 g/mol. The summed E-state index contributed by atoms with van der Waals surface area (Å²) in [6, 6.07) is 17.8. The molecule has 2 aromatic heterocycles. The Labute approximate surface area is 204 Å². The van der Waals surface area contributed by atoms with Gasteiger partial charge in [0.1, 0.15) is 0 Å². The highest BCUT2D eigenvalue weighted by atomic mass is 35.5. The van der Waals surface area contributed by atoms with E-state index in [2.05, 4.69) is 23.0 Å². The number of benzene rings is 2. The van der Waals surface area contributed by atoms with E-state index in [0.29, 0.717) is 18.7 Å². The van der Waals surface area contributed by atoms with Gasteiger partial charge in [-0.1, -0.05) is 41.9 Å². The molecule has 6 nitrogen and oxygen atoms in total. The Kier molecular flexibility index (Phi) is 6.35. The summed E-state index contributed by atoms with van der Waals surface area (Å²) in [5.74, 6) is 0.0581. The quantitative estimate of drug-likeness (QED) is 0.407. The second-order valence-electron chi connectivity index (χ2n) is 8.73. The number of piperazine rings is 1. The zero-order valence-corrected chi connectivity index (χ0v) is 20.3. The Balaban J connectivity index is 1.39. The van der Waals surface area contributed by atoms with Crippen LogP contribution in [0.3, 0.4) is 0 Å². The molecule has 1 aliphatic rings. The number of fused-ring (bicyclic) bond motifs is 1. The lowest BCUT2D eigenvalue weighted by Gasteiger charge is -2.35. The van der Waals surface area contributed by atoms with E-state index in [-0.39, 0.29) is 5.91 Å². The molecule has 1 saturated heterocycles. The first-order valence-corrected chi connectivity index (χ1v) is 12.1. The number of hydrogen-bond donors (Lipinski definition) is 0. The summed E-state index contributed by atoms with van der Waals surface area (Å²) in [5, 5.41) is 6.11. The van der Waals surface area contributed by atoms with Crippen LogP contribution in [0.2, 0.25) is 5.02 Å². The number of nitrogens with zero attached hydrogens (tertiary/aromatic N) is 5.